The first-order valence-corrected chi connectivity index (χ1v) is 8.45. The van der Waals surface area contributed by atoms with Crippen molar-refractivity contribution in [3.8, 4) is 0 Å². The van der Waals surface area contributed by atoms with Crippen molar-refractivity contribution >= 4 is 17.7 Å². The molecule has 2 aliphatic rings. The number of aliphatic hydroxyl groups is 1. The lowest BCUT2D eigenvalue weighted by Gasteiger charge is -2.26. The Bertz CT molecular complexity index is 487. The van der Waals surface area contributed by atoms with Crippen molar-refractivity contribution in [1.82, 2.24) is 5.32 Å². The molecule has 0 bridgehead atoms. The number of fused-ring (bicyclic) bond motifs is 1. The molecule has 0 aromatic heterocycles. The standard InChI is InChI=1S/C16H21NO2S/c18-9-7-14(12-5-6-12)17-16(19)15-13-4-2-1-3-11(13)8-10-20-15/h1-4,12,14-15,18H,5-10H2,(H,17,19). The third-order valence-corrected chi connectivity index (χ3v) is 5.43. The smallest absolute Gasteiger partial charge is 0.237 e. The second-order valence-electron chi connectivity index (χ2n) is 5.66. The lowest BCUT2D eigenvalue weighted by atomic mass is 10.0. The fourth-order valence-corrected chi connectivity index (χ4v) is 4.14. The molecule has 1 amide bonds. The molecule has 1 heterocycles. The summed E-state index contributed by atoms with van der Waals surface area (Å²) >= 11 is 1.73. The van der Waals surface area contributed by atoms with Gasteiger partial charge in [-0.15, -0.1) is 11.8 Å². The Morgan fingerprint density at radius 1 is 1.40 bits per heavy atom. The van der Waals surface area contributed by atoms with Crippen LogP contribution < -0.4 is 5.32 Å². The van der Waals surface area contributed by atoms with E-state index in [1.165, 1.54) is 24.0 Å². The van der Waals surface area contributed by atoms with Crippen LogP contribution in [0.25, 0.3) is 0 Å². The molecule has 20 heavy (non-hydrogen) atoms. The summed E-state index contributed by atoms with van der Waals surface area (Å²) in [7, 11) is 0. The van der Waals surface area contributed by atoms with Crippen molar-refractivity contribution < 1.29 is 9.90 Å². The summed E-state index contributed by atoms with van der Waals surface area (Å²) in [4.78, 5) is 12.6. The largest absolute Gasteiger partial charge is 0.396 e. The molecular formula is C16H21NO2S. The second kappa shape index (κ2) is 6.19. The number of rotatable bonds is 5. The van der Waals surface area contributed by atoms with Crippen LogP contribution in [-0.2, 0) is 11.2 Å². The predicted octanol–water partition coefficient (Wildman–Crippen LogP) is 2.29. The Morgan fingerprint density at radius 3 is 2.95 bits per heavy atom. The molecule has 3 nitrogen and oxygen atoms in total. The number of aliphatic hydroxyl groups excluding tert-OH is 1. The third-order valence-electron chi connectivity index (χ3n) is 4.19. The van der Waals surface area contributed by atoms with Gasteiger partial charge in [0.2, 0.25) is 5.91 Å². The van der Waals surface area contributed by atoms with Crippen molar-refractivity contribution in [1.29, 1.82) is 0 Å². The van der Waals surface area contributed by atoms with Crippen LogP contribution in [0.15, 0.2) is 24.3 Å². The minimum absolute atomic E-state index is 0.0834. The van der Waals surface area contributed by atoms with Crippen molar-refractivity contribution in [3.05, 3.63) is 35.4 Å². The molecule has 1 aliphatic carbocycles. The molecule has 0 spiro atoms. The van der Waals surface area contributed by atoms with Crippen molar-refractivity contribution in [2.45, 2.75) is 37.0 Å². The number of amides is 1. The number of nitrogens with one attached hydrogen (secondary N) is 1. The maximum absolute atomic E-state index is 12.6. The van der Waals surface area contributed by atoms with Gasteiger partial charge >= 0.3 is 0 Å². The molecule has 2 N–H and O–H groups in total. The Hall–Kier alpha value is -1.00. The fraction of sp³-hybridized carbons (Fsp3) is 0.562. The number of carbonyl (C=O) groups is 1. The van der Waals surface area contributed by atoms with Crippen LogP contribution in [0.4, 0.5) is 0 Å². The van der Waals surface area contributed by atoms with Crippen LogP contribution in [0.3, 0.4) is 0 Å². The minimum Gasteiger partial charge on any atom is -0.396 e. The topological polar surface area (TPSA) is 49.3 Å². The van der Waals surface area contributed by atoms with E-state index in [4.69, 9.17) is 5.11 Å². The van der Waals surface area contributed by atoms with Gasteiger partial charge in [0.25, 0.3) is 0 Å². The van der Waals surface area contributed by atoms with Crippen LogP contribution in [0, 0.1) is 5.92 Å². The molecule has 108 valence electrons. The normalized spacial score (nSPS) is 22.9. The third kappa shape index (κ3) is 3.01. The molecule has 1 aromatic carbocycles. The van der Waals surface area contributed by atoms with Gasteiger partial charge in [0.1, 0.15) is 5.25 Å². The Kier molecular flexibility index (Phi) is 4.32. The molecule has 1 fully saturated rings. The van der Waals surface area contributed by atoms with E-state index in [2.05, 4.69) is 17.4 Å². The molecule has 1 saturated carbocycles. The van der Waals surface area contributed by atoms with Crippen LogP contribution >= 0.6 is 11.8 Å². The van der Waals surface area contributed by atoms with Gasteiger partial charge in [-0.25, -0.2) is 0 Å². The summed E-state index contributed by atoms with van der Waals surface area (Å²) in [6.45, 7) is 0.149. The van der Waals surface area contributed by atoms with E-state index in [0.717, 1.165) is 12.2 Å². The molecular weight excluding hydrogens is 270 g/mol. The number of thioether (sulfide) groups is 1. The van der Waals surface area contributed by atoms with E-state index in [-0.39, 0.29) is 23.8 Å². The average molecular weight is 291 g/mol. The van der Waals surface area contributed by atoms with Crippen LogP contribution in [0.1, 0.15) is 35.6 Å². The second-order valence-corrected chi connectivity index (χ2v) is 6.88. The van der Waals surface area contributed by atoms with Gasteiger partial charge < -0.3 is 10.4 Å². The monoisotopic (exact) mass is 291 g/mol. The van der Waals surface area contributed by atoms with Gasteiger partial charge in [-0.1, -0.05) is 24.3 Å². The van der Waals surface area contributed by atoms with Gasteiger partial charge in [-0.05, 0) is 48.5 Å². The van der Waals surface area contributed by atoms with E-state index in [1.54, 1.807) is 11.8 Å². The van der Waals surface area contributed by atoms with Gasteiger partial charge in [0.05, 0.1) is 0 Å². The van der Waals surface area contributed by atoms with Crippen LogP contribution in [0.5, 0.6) is 0 Å². The molecule has 2 unspecified atom stereocenters. The van der Waals surface area contributed by atoms with Gasteiger partial charge in [-0.3, -0.25) is 4.79 Å². The maximum atomic E-state index is 12.6. The Balaban J connectivity index is 1.71. The van der Waals surface area contributed by atoms with E-state index >= 15 is 0 Å². The summed E-state index contributed by atoms with van der Waals surface area (Å²) in [6, 6.07) is 8.41. The first-order valence-electron chi connectivity index (χ1n) is 7.40. The lowest BCUT2D eigenvalue weighted by Crippen LogP contribution is -2.40. The predicted molar refractivity (Wildman–Crippen MR) is 81.7 cm³/mol. The number of aryl methyl sites for hydroxylation is 1. The fourth-order valence-electron chi connectivity index (χ4n) is 2.93. The number of benzene rings is 1. The lowest BCUT2D eigenvalue weighted by molar-refractivity contribution is -0.121. The summed E-state index contributed by atoms with van der Waals surface area (Å²) in [5.41, 5.74) is 2.47. The summed E-state index contributed by atoms with van der Waals surface area (Å²) in [6.07, 6.45) is 4.08. The van der Waals surface area contributed by atoms with Gasteiger partial charge in [-0.2, -0.15) is 0 Å². The highest BCUT2D eigenvalue weighted by Crippen LogP contribution is 2.38. The van der Waals surface area contributed by atoms with Gasteiger partial charge in [0, 0.05) is 12.6 Å². The zero-order valence-corrected chi connectivity index (χ0v) is 12.4. The average Bonchev–Trinajstić information content (AvgIpc) is 3.31. The summed E-state index contributed by atoms with van der Waals surface area (Å²) in [5.74, 6) is 1.70. The van der Waals surface area contributed by atoms with Crippen molar-refractivity contribution in [2.75, 3.05) is 12.4 Å². The molecule has 4 heteroatoms. The number of hydrogen-bond donors (Lipinski definition) is 2. The van der Waals surface area contributed by atoms with E-state index < -0.39 is 0 Å². The van der Waals surface area contributed by atoms with Gasteiger partial charge in [0.15, 0.2) is 0 Å². The van der Waals surface area contributed by atoms with E-state index in [1.807, 2.05) is 12.1 Å². The zero-order chi connectivity index (χ0) is 13.9. The first-order chi connectivity index (χ1) is 9.79. The van der Waals surface area contributed by atoms with Crippen LogP contribution in [0.2, 0.25) is 0 Å². The van der Waals surface area contributed by atoms with E-state index in [0.29, 0.717) is 12.3 Å². The first kappa shape index (κ1) is 14.0. The summed E-state index contributed by atoms with van der Waals surface area (Å²) < 4.78 is 0. The highest BCUT2D eigenvalue weighted by Gasteiger charge is 2.34. The van der Waals surface area contributed by atoms with E-state index in [9.17, 15) is 4.79 Å². The zero-order valence-electron chi connectivity index (χ0n) is 11.5. The Labute approximate surface area is 124 Å². The maximum Gasteiger partial charge on any atom is 0.237 e. The molecule has 1 aromatic rings. The molecule has 3 rings (SSSR count). The van der Waals surface area contributed by atoms with Crippen molar-refractivity contribution in [2.24, 2.45) is 5.92 Å². The molecule has 2 atom stereocenters. The molecule has 0 saturated heterocycles. The SMILES string of the molecule is O=C(NC(CCO)C1CC1)C1SCCc2ccccc21. The highest BCUT2D eigenvalue weighted by molar-refractivity contribution is 8.00. The molecule has 1 aliphatic heterocycles. The number of carbonyl (C=O) groups excluding carboxylic acids is 1. The minimum atomic E-state index is -0.0834. The van der Waals surface area contributed by atoms with Crippen molar-refractivity contribution in [3.63, 3.8) is 0 Å². The highest BCUT2D eigenvalue weighted by atomic mass is 32.2. The Morgan fingerprint density at radius 2 is 2.20 bits per heavy atom. The molecule has 0 radical (unpaired) electrons. The quantitative estimate of drug-likeness (QED) is 0.875. The summed E-state index contributed by atoms with van der Waals surface area (Å²) in [5, 5.41) is 12.2. The number of hydrogen-bond acceptors (Lipinski definition) is 3. The van der Waals surface area contributed by atoms with Crippen LogP contribution in [-0.4, -0.2) is 29.4 Å².